The minimum absolute atomic E-state index is 0.103. The number of rotatable bonds is 6. The molecule has 4 aliphatic rings. The number of ketones is 1. The molecule has 2 aromatic rings. The Hall–Kier alpha value is -1.95. The van der Waals surface area contributed by atoms with Gasteiger partial charge in [0.15, 0.2) is 11.3 Å². The van der Waals surface area contributed by atoms with E-state index in [0.717, 1.165) is 47.7 Å². The van der Waals surface area contributed by atoms with Crippen molar-refractivity contribution in [3.05, 3.63) is 18.2 Å². The highest BCUT2D eigenvalue weighted by Gasteiger charge is 2.62. The Balaban J connectivity index is 1.22. The van der Waals surface area contributed by atoms with Crippen LogP contribution in [0.1, 0.15) is 71.6 Å². The van der Waals surface area contributed by atoms with E-state index in [1.165, 1.54) is 51.4 Å². The van der Waals surface area contributed by atoms with E-state index in [9.17, 15) is 4.79 Å². The fraction of sp³-hybridized carbons (Fsp3) is 0.767. The summed E-state index contributed by atoms with van der Waals surface area (Å²) in [5.41, 5.74) is 1.98. The first kappa shape index (κ1) is 24.4. The molecule has 8 atom stereocenters. The zero-order valence-electron chi connectivity index (χ0n) is 22.5. The van der Waals surface area contributed by atoms with Crippen LogP contribution in [0.15, 0.2) is 18.2 Å². The summed E-state index contributed by atoms with van der Waals surface area (Å²) in [6, 6.07) is 5.74. The topological polar surface area (TPSA) is 66.2 Å². The first-order chi connectivity index (χ1) is 17.4. The van der Waals surface area contributed by atoms with Gasteiger partial charge >= 0.3 is 0 Å². The zero-order chi connectivity index (χ0) is 25.1. The molecule has 4 saturated carbocycles. The van der Waals surface area contributed by atoms with E-state index in [2.05, 4.69) is 24.0 Å². The lowest BCUT2D eigenvalue weighted by atomic mass is 9.44. The minimum atomic E-state index is 0.103. The van der Waals surface area contributed by atoms with E-state index >= 15 is 0 Å². The molecule has 6 nitrogen and oxygen atoms in total. The Morgan fingerprint density at radius 3 is 2.72 bits per heavy atom. The first-order valence-corrected chi connectivity index (χ1v) is 14.3. The fourth-order valence-electron chi connectivity index (χ4n) is 9.78. The van der Waals surface area contributed by atoms with Crippen LogP contribution in [0.25, 0.3) is 11.0 Å². The number of ether oxygens (including phenoxy) is 2. The molecule has 1 aromatic heterocycles. The van der Waals surface area contributed by atoms with Gasteiger partial charge in [-0.15, -0.1) is 5.10 Å². The van der Waals surface area contributed by atoms with Gasteiger partial charge in [0.2, 0.25) is 0 Å². The number of carbonyl (C=O) groups excluding carboxylic acids is 1. The highest BCUT2D eigenvalue weighted by molar-refractivity contribution is 5.83. The molecule has 0 aliphatic heterocycles. The van der Waals surface area contributed by atoms with Gasteiger partial charge in [-0.05, 0) is 104 Å². The summed E-state index contributed by atoms with van der Waals surface area (Å²) in [4.78, 5) is 15.3. The summed E-state index contributed by atoms with van der Waals surface area (Å²) in [5, 5.41) is 9.21. The molecule has 6 heteroatoms. The fourth-order valence-corrected chi connectivity index (χ4v) is 9.78. The monoisotopic (exact) mass is 493 g/mol. The molecule has 0 saturated heterocycles. The van der Waals surface area contributed by atoms with Gasteiger partial charge in [0.05, 0.1) is 13.7 Å². The van der Waals surface area contributed by atoms with Crippen LogP contribution in [0.4, 0.5) is 0 Å². The van der Waals surface area contributed by atoms with Crippen molar-refractivity contribution in [2.75, 3.05) is 20.8 Å². The highest BCUT2D eigenvalue weighted by Crippen LogP contribution is 2.68. The molecule has 0 N–H and O–H groups in total. The predicted molar refractivity (Wildman–Crippen MR) is 140 cm³/mol. The van der Waals surface area contributed by atoms with Crippen molar-refractivity contribution in [2.24, 2.45) is 46.3 Å². The lowest BCUT2D eigenvalue weighted by Crippen LogP contribution is -2.56. The molecule has 0 spiro atoms. The Bertz CT molecular complexity index is 1130. The Labute approximate surface area is 215 Å². The SMILES string of the molecule is COCC12CCC(C)CC1CCC1C3CCC(C(=O)Cn4nc5cccc(OC)c5n4)C3(C)CCC12. The molecule has 1 heterocycles. The second-order valence-corrected chi connectivity index (χ2v) is 12.9. The third-order valence-electron chi connectivity index (χ3n) is 11.4. The van der Waals surface area contributed by atoms with Crippen LogP contribution >= 0.6 is 0 Å². The van der Waals surface area contributed by atoms with Gasteiger partial charge in [0, 0.05) is 13.0 Å². The van der Waals surface area contributed by atoms with Crippen molar-refractivity contribution in [1.82, 2.24) is 15.0 Å². The number of hydrogen-bond donors (Lipinski definition) is 0. The maximum Gasteiger partial charge on any atom is 0.159 e. The molecule has 1 aromatic carbocycles. The first-order valence-electron chi connectivity index (χ1n) is 14.3. The van der Waals surface area contributed by atoms with Crippen molar-refractivity contribution < 1.29 is 14.3 Å². The van der Waals surface area contributed by atoms with Crippen LogP contribution in [-0.2, 0) is 16.1 Å². The summed E-state index contributed by atoms with van der Waals surface area (Å²) in [5.74, 6) is 4.97. The number of fused-ring (bicyclic) bond motifs is 6. The van der Waals surface area contributed by atoms with Crippen molar-refractivity contribution >= 4 is 16.8 Å². The standard InChI is InChI=1S/C30H43N3O3/c1-19-12-15-30(18-35-3)20(16-19)8-9-21-22-10-11-24(29(22,2)14-13-23(21)30)26(34)17-33-31-25-6-5-7-27(36-4)28(25)32-33/h5-7,19-24H,8-18H2,1-4H3. The van der Waals surface area contributed by atoms with E-state index in [1.54, 1.807) is 11.9 Å². The number of Topliss-reactive ketones (excluding diaryl/α,β-unsaturated/α-hetero) is 1. The minimum Gasteiger partial charge on any atom is -0.494 e. The lowest BCUT2D eigenvalue weighted by Gasteiger charge is -2.61. The van der Waals surface area contributed by atoms with Gasteiger partial charge in [-0.3, -0.25) is 4.79 Å². The van der Waals surface area contributed by atoms with Crippen molar-refractivity contribution in [1.29, 1.82) is 0 Å². The molecule has 0 bridgehead atoms. The quantitative estimate of drug-likeness (QED) is 0.499. The van der Waals surface area contributed by atoms with Crippen LogP contribution in [0.2, 0.25) is 0 Å². The summed E-state index contributed by atoms with van der Waals surface area (Å²) >= 11 is 0. The molecule has 6 rings (SSSR count). The number of aromatic nitrogens is 3. The number of nitrogens with zero attached hydrogens (tertiary/aromatic N) is 3. The third kappa shape index (κ3) is 3.65. The molecule has 8 unspecified atom stereocenters. The molecule has 36 heavy (non-hydrogen) atoms. The number of carbonyl (C=O) groups is 1. The zero-order valence-corrected chi connectivity index (χ0v) is 22.5. The lowest BCUT2D eigenvalue weighted by molar-refractivity contribution is -0.154. The van der Waals surface area contributed by atoms with Gasteiger partial charge in [0.1, 0.15) is 17.8 Å². The Kier molecular flexibility index (Phi) is 6.17. The molecule has 0 radical (unpaired) electrons. The molecule has 196 valence electrons. The van der Waals surface area contributed by atoms with Crippen LogP contribution in [0, 0.1) is 46.3 Å². The van der Waals surface area contributed by atoms with E-state index in [-0.39, 0.29) is 17.9 Å². The number of hydrogen-bond acceptors (Lipinski definition) is 5. The Morgan fingerprint density at radius 1 is 1.06 bits per heavy atom. The molecule has 4 fully saturated rings. The molecule has 0 amide bonds. The van der Waals surface area contributed by atoms with E-state index in [0.29, 0.717) is 22.9 Å². The van der Waals surface area contributed by atoms with E-state index in [4.69, 9.17) is 9.47 Å². The third-order valence-corrected chi connectivity index (χ3v) is 11.4. The maximum atomic E-state index is 13.7. The second kappa shape index (κ2) is 9.11. The highest BCUT2D eigenvalue weighted by atomic mass is 16.5. The summed E-state index contributed by atoms with van der Waals surface area (Å²) < 4.78 is 11.4. The van der Waals surface area contributed by atoms with Gasteiger partial charge in [0.25, 0.3) is 0 Å². The van der Waals surface area contributed by atoms with Crippen LogP contribution in [-0.4, -0.2) is 41.6 Å². The van der Waals surface area contributed by atoms with Crippen LogP contribution in [0.3, 0.4) is 0 Å². The molecular weight excluding hydrogens is 450 g/mol. The van der Waals surface area contributed by atoms with Gasteiger partial charge < -0.3 is 9.47 Å². The number of benzene rings is 1. The molecule has 4 aliphatic carbocycles. The van der Waals surface area contributed by atoms with Crippen LogP contribution < -0.4 is 4.74 Å². The average molecular weight is 494 g/mol. The van der Waals surface area contributed by atoms with Gasteiger partial charge in [-0.2, -0.15) is 9.90 Å². The molecular formula is C30H43N3O3. The van der Waals surface area contributed by atoms with E-state index < -0.39 is 0 Å². The smallest absolute Gasteiger partial charge is 0.159 e. The number of methoxy groups -OCH3 is 2. The predicted octanol–water partition coefficient (Wildman–Crippen LogP) is 5.93. The van der Waals surface area contributed by atoms with Gasteiger partial charge in [-0.25, -0.2) is 0 Å². The summed E-state index contributed by atoms with van der Waals surface area (Å²) in [6.07, 6.45) is 11.4. The van der Waals surface area contributed by atoms with E-state index in [1.807, 2.05) is 25.3 Å². The summed E-state index contributed by atoms with van der Waals surface area (Å²) in [6.45, 7) is 6.07. The normalized spacial score (nSPS) is 39.9. The summed E-state index contributed by atoms with van der Waals surface area (Å²) in [7, 11) is 3.56. The average Bonchev–Trinajstić information content (AvgIpc) is 3.44. The van der Waals surface area contributed by atoms with Gasteiger partial charge in [-0.1, -0.05) is 26.3 Å². The van der Waals surface area contributed by atoms with Crippen molar-refractivity contribution in [3.8, 4) is 5.75 Å². The van der Waals surface area contributed by atoms with Crippen LogP contribution in [0.5, 0.6) is 5.75 Å². The largest absolute Gasteiger partial charge is 0.494 e. The second-order valence-electron chi connectivity index (χ2n) is 12.9. The Morgan fingerprint density at radius 2 is 1.92 bits per heavy atom. The maximum absolute atomic E-state index is 13.7. The van der Waals surface area contributed by atoms with Crippen molar-refractivity contribution in [2.45, 2.75) is 78.2 Å². The van der Waals surface area contributed by atoms with Crippen molar-refractivity contribution in [3.63, 3.8) is 0 Å².